The number of nitriles is 1. The Labute approximate surface area is 225 Å². The van der Waals surface area contributed by atoms with Crippen molar-refractivity contribution in [3.63, 3.8) is 0 Å². The third-order valence-electron chi connectivity index (χ3n) is 5.13. The van der Waals surface area contributed by atoms with Crippen LogP contribution >= 0.6 is 22.6 Å². The van der Waals surface area contributed by atoms with E-state index < -0.39 is 16.0 Å². The van der Waals surface area contributed by atoms with Crippen LogP contribution in [0.15, 0.2) is 71.1 Å². The van der Waals surface area contributed by atoms with Gasteiger partial charge in [0.15, 0.2) is 11.5 Å². The first kappa shape index (κ1) is 27.2. The number of hydrogen-bond donors (Lipinski definition) is 1. The maximum atomic E-state index is 12.8. The molecule has 0 fully saturated rings. The Hall–Kier alpha value is -3.36. The molecule has 0 heterocycles. The normalized spacial score (nSPS) is 11.5. The number of anilines is 1. The van der Waals surface area contributed by atoms with Gasteiger partial charge in [-0.1, -0.05) is 36.8 Å². The molecule has 0 aliphatic heterocycles. The van der Waals surface area contributed by atoms with Crippen molar-refractivity contribution >= 4 is 50.4 Å². The van der Waals surface area contributed by atoms with Crippen LogP contribution < -0.4 is 14.2 Å². The summed E-state index contributed by atoms with van der Waals surface area (Å²) >= 11 is 1.94. The van der Waals surface area contributed by atoms with Crippen molar-refractivity contribution in [3.05, 3.63) is 86.5 Å². The highest BCUT2D eigenvalue weighted by atomic mass is 127. The summed E-state index contributed by atoms with van der Waals surface area (Å²) in [7, 11) is -4.10. The van der Waals surface area contributed by atoms with Crippen LogP contribution in [0.1, 0.15) is 30.5 Å². The van der Waals surface area contributed by atoms with Crippen molar-refractivity contribution in [2.45, 2.75) is 32.1 Å². The quantitative estimate of drug-likeness (QED) is 0.140. The monoisotopic (exact) mass is 616 g/mol. The molecule has 1 N–H and O–H groups in total. The highest BCUT2D eigenvalue weighted by Gasteiger charge is 2.22. The third kappa shape index (κ3) is 6.86. The predicted molar refractivity (Wildman–Crippen MR) is 147 cm³/mol. The van der Waals surface area contributed by atoms with E-state index >= 15 is 0 Å². The Balaban J connectivity index is 1.91. The van der Waals surface area contributed by atoms with Crippen LogP contribution in [0, 0.1) is 21.8 Å². The summed E-state index contributed by atoms with van der Waals surface area (Å²) in [5.74, 6) is -0.342. The number of carbonyl (C=O) groups is 1. The first-order chi connectivity index (χ1) is 17.2. The number of ether oxygens (including phenoxy) is 1. The lowest BCUT2D eigenvalue weighted by Gasteiger charge is -2.15. The number of nitrogens with zero attached hydrogens (tertiary/aromatic N) is 1. The number of amides is 1. The number of halogens is 1. The number of rotatable bonds is 9. The van der Waals surface area contributed by atoms with Crippen LogP contribution in [0.3, 0.4) is 0 Å². The van der Waals surface area contributed by atoms with Crippen LogP contribution in [0.4, 0.5) is 5.69 Å². The van der Waals surface area contributed by atoms with Gasteiger partial charge in [-0.05, 0) is 96.5 Å². The lowest BCUT2D eigenvalue weighted by molar-refractivity contribution is -0.112. The number of benzene rings is 3. The van der Waals surface area contributed by atoms with Gasteiger partial charge in [-0.2, -0.15) is 13.7 Å². The highest BCUT2D eigenvalue weighted by Crippen LogP contribution is 2.37. The molecule has 9 heteroatoms. The molecule has 0 unspecified atom stereocenters. The minimum atomic E-state index is -4.10. The maximum absolute atomic E-state index is 12.8. The highest BCUT2D eigenvalue weighted by molar-refractivity contribution is 14.1. The van der Waals surface area contributed by atoms with E-state index in [9.17, 15) is 18.5 Å². The van der Waals surface area contributed by atoms with E-state index in [1.165, 1.54) is 24.3 Å². The van der Waals surface area contributed by atoms with Gasteiger partial charge in [0.2, 0.25) is 0 Å². The zero-order chi connectivity index (χ0) is 26.3. The molecule has 0 saturated carbocycles. The van der Waals surface area contributed by atoms with Gasteiger partial charge in [0, 0.05) is 5.69 Å². The van der Waals surface area contributed by atoms with Crippen molar-refractivity contribution in [1.29, 1.82) is 5.26 Å². The molecule has 36 heavy (non-hydrogen) atoms. The second-order valence-electron chi connectivity index (χ2n) is 7.79. The molecule has 0 spiro atoms. The summed E-state index contributed by atoms with van der Waals surface area (Å²) in [6.45, 7) is 5.91. The zero-order valence-corrected chi connectivity index (χ0v) is 23.0. The summed E-state index contributed by atoms with van der Waals surface area (Å²) < 4.78 is 37.2. The summed E-state index contributed by atoms with van der Waals surface area (Å²) in [5.41, 5.74) is 3.00. The largest absolute Gasteiger partial charge is 0.490 e. The zero-order valence-electron chi connectivity index (χ0n) is 20.0. The third-order valence-corrected chi connectivity index (χ3v) is 7.17. The minimum absolute atomic E-state index is 0.0192. The average molecular weight is 616 g/mol. The number of aryl methyl sites for hydroxylation is 2. The standard InChI is InChI=1S/C27H25IN2O5S/c1-4-19-8-10-22(11-9-19)30-27(31)21(17-29)14-20-15-24(28)26(25(16-20)34-5-2)35-36(32,33)23-12-6-18(3)7-13-23/h6-16H,4-5H2,1-3H3,(H,30,31)/b21-14+. The van der Waals surface area contributed by atoms with Crippen molar-refractivity contribution in [3.8, 4) is 17.6 Å². The molecule has 3 aromatic rings. The molecule has 0 atom stereocenters. The van der Waals surface area contributed by atoms with Gasteiger partial charge in [-0.25, -0.2) is 0 Å². The van der Waals surface area contributed by atoms with E-state index in [-0.39, 0.29) is 28.6 Å². The molecule has 0 radical (unpaired) electrons. The minimum Gasteiger partial charge on any atom is -0.490 e. The van der Waals surface area contributed by atoms with E-state index in [4.69, 9.17) is 8.92 Å². The molecule has 7 nitrogen and oxygen atoms in total. The average Bonchev–Trinajstić information content (AvgIpc) is 2.85. The Morgan fingerprint density at radius 1 is 1.08 bits per heavy atom. The van der Waals surface area contributed by atoms with Crippen molar-refractivity contribution in [2.24, 2.45) is 0 Å². The van der Waals surface area contributed by atoms with E-state index in [2.05, 4.69) is 5.32 Å². The maximum Gasteiger partial charge on any atom is 0.339 e. The number of carbonyl (C=O) groups excluding carboxylic acids is 1. The van der Waals surface area contributed by atoms with Gasteiger partial charge in [0.25, 0.3) is 5.91 Å². The molecular weight excluding hydrogens is 591 g/mol. The number of hydrogen-bond acceptors (Lipinski definition) is 6. The lowest BCUT2D eigenvalue weighted by Crippen LogP contribution is -2.13. The van der Waals surface area contributed by atoms with Gasteiger partial charge < -0.3 is 14.2 Å². The lowest BCUT2D eigenvalue weighted by atomic mass is 10.1. The molecule has 0 aromatic heterocycles. The van der Waals surface area contributed by atoms with E-state index in [0.29, 0.717) is 14.8 Å². The molecule has 186 valence electrons. The molecule has 0 bridgehead atoms. The molecule has 0 saturated heterocycles. The summed E-state index contributed by atoms with van der Waals surface area (Å²) in [6.07, 6.45) is 2.29. The Kier molecular flexibility index (Phi) is 9.12. The van der Waals surface area contributed by atoms with E-state index in [1.54, 1.807) is 37.3 Å². The summed E-state index contributed by atoms with van der Waals surface area (Å²) in [5, 5.41) is 12.3. The summed E-state index contributed by atoms with van der Waals surface area (Å²) in [4.78, 5) is 12.7. The smallest absolute Gasteiger partial charge is 0.339 e. The van der Waals surface area contributed by atoms with E-state index in [1.807, 2.05) is 54.6 Å². The van der Waals surface area contributed by atoms with Gasteiger partial charge in [-0.3, -0.25) is 4.79 Å². The van der Waals surface area contributed by atoms with Crippen LogP contribution in [0.5, 0.6) is 11.5 Å². The van der Waals surface area contributed by atoms with Crippen molar-refractivity contribution < 1.29 is 22.1 Å². The Morgan fingerprint density at radius 3 is 2.33 bits per heavy atom. The number of nitrogens with one attached hydrogen (secondary N) is 1. The molecule has 3 aromatic carbocycles. The molecule has 3 rings (SSSR count). The molecule has 0 aliphatic rings. The van der Waals surface area contributed by atoms with Crippen LogP contribution in [-0.2, 0) is 21.3 Å². The van der Waals surface area contributed by atoms with Gasteiger partial charge in [-0.15, -0.1) is 0 Å². The topological polar surface area (TPSA) is 105 Å². The first-order valence-electron chi connectivity index (χ1n) is 11.2. The van der Waals surface area contributed by atoms with Crippen molar-refractivity contribution in [2.75, 3.05) is 11.9 Å². The molecule has 1 amide bonds. The van der Waals surface area contributed by atoms with Crippen LogP contribution in [0.25, 0.3) is 6.08 Å². The fourth-order valence-electron chi connectivity index (χ4n) is 3.22. The molecular formula is C27H25IN2O5S. The Morgan fingerprint density at radius 2 is 1.75 bits per heavy atom. The SMILES string of the molecule is CCOc1cc(/C=C(\C#N)C(=O)Nc2ccc(CC)cc2)cc(I)c1OS(=O)(=O)c1ccc(C)cc1. The fourth-order valence-corrected chi connectivity index (χ4v) is 5.06. The van der Waals surface area contributed by atoms with Crippen LogP contribution in [0.2, 0.25) is 0 Å². The van der Waals surface area contributed by atoms with Gasteiger partial charge in [0.1, 0.15) is 16.5 Å². The van der Waals surface area contributed by atoms with Gasteiger partial charge >= 0.3 is 10.1 Å². The van der Waals surface area contributed by atoms with E-state index in [0.717, 1.165) is 17.5 Å². The molecule has 0 aliphatic carbocycles. The fraction of sp³-hybridized carbons (Fsp3) is 0.185. The van der Waals surface area contributed by atoms with Gasteiger partial charge in [0.05, 0.1) is 10.2 Å². The van der Waals surface area contributed by atoms with Crippen molar-refractivity contribution in [1.82, 2.24) is 0 Å². The van der Waals surface area contributed by atoms with Crippen LogP contribution in [-0.4, -0.2) is 20.9 Å². The second-order valence-corrected chi connectivity index (χ2v) is 10.5. The second kappa shape index (κ2) is 12.1. The predicted octanol–water partition coefficient (Wildman–Crippen LogP) is 5.87. The summed E-state index contributed by atoms with van der Waals surface area (Å²) in [6, 6.07) is 18.8. The Bertz CT molecular complexity index is 1420. The first-order valence-corrected chi connectivity index (χ1v) is 13.6.